The topological polar surface area (TPSA) is 77.0 Å². The summed E-state index contributed by atoms with van der Waals surface area (Å²) in [5, 5.41) is 8.37. The SMILES string of the molecule is CC.Cc1ccccc1C1(c2noc(-c3cc(C(F)F)n(CC(=O)N4CCCC4)n3)n2)CC1. The molecule has 1 saturated carbocycles. The molecule has 0 atom stereocenters. The van der Waals surface area contributed by atoms with Gasteiger partial charge in [0.15, 0.2) is 11.5 Å². The third-order valence-electron chi connectivity index (χ3n) is 6.26. The van der Waals surface area contributed by atoms with Gasteiger partial charge in [-0.1, -0.05) is 43.3 Å². The highest BCUT2D eigenvalue weighted by molar-refractivity contribution is 5.76. The van der Waals surface area contributed by atoms with Gasteiger partial charge < -0.3 is 9.42 Å². The lowest BCUT2D eigenvalue weighted by molar-refractivity contribution is -0.131. The smallest absolute Gasteiger partial charge is 0.280 e. The van der Waals surface area contributed by atoms with Gasteiger partial charge in [0.2, 0.25) is 5.91 Å². The van der Waals surface area contributed by atoms with Crippen LogP contribution in [0.15, 0.2) is 34.9 Å². The summed E-state index contributed by atoms with van der Waals surface area (Å²) in [7, 11) is 0. The highest BCUT2D eigenvalue weighted by atomic mass is 19.3. The van der Waals surface area contributed by atoms with E-state index in [0.717, 1.165) is 41.5 Å². The Morgan fingerprint density at radius 2 is 1.88 bits per heavy atom. The van der Waals surface area contributed by atoms with Crippen LogP contribution in [0.25, 0.3) is 11.6 Å². The number of halogens is 2. The zero-order valence-electron chi connectivity index (χ0n) is 19.2. The van der Waals surface area contributed by atoms with Crippen molar-refractivity contribution in [2.45, 2.75) is 64.8 Å². The largest absolute Gasteiger partial charge is 0.341 e. The second-order valence-electron chi connectivity index (χ2n) is 8.32. The third kappa shape index (κ3) is 4.41. The predicted octanol–water partition coefficient (Wildman–Crippen LogP) is 4.91. The van der Waals surface area contributed by atoms with Crippen molar-refractivity contribution in [2.24, 2.45) is 0 Å². The van der Waals surface area contributed by atoms with Crippen LogP contribution in [-0.2, 0) is 16.8 Å². The summed E-state index contributed by atoms with van der Waals surface area (Å²) >= 11 is 0. The van der Waals surface area contributed by atoms with Crippen LogP contribution in [0.3, 0.4) is 0 Å². The Bertz CT molecular complexity index is 1110. The van der Waals surface area contributed by atoms with Gasteiger partial charge in [0, 0.05) is 13.1 Å². The fourth-order valence-electron chi connectivity index (χ4n) is 4.40. The molecule has 2 aliphatic rings. The molecule has 0 radical (unpaired) electrons. The summed E-state index contributed by atoms with van der Waals surface area (Å²) in [4.78, 5) is 18.6. The molecule has 0 unspecified atom stereocenters. The average molecular weight is 458 g/mol. The van der Waals surface area contributed by atoms with Gasteiger partial charge in [0.05, 0.1) is 5.41 Å². The van der Waals surface area contributed by atoms with Gasteiger partial charge in [-0.3, -0.25) is 9.48 Å². The van der Waals surface area contributed by atoms with E-state index in [9.17, 15) is 13.6 Å². The molecular weight excluding hydrogens is 428 g/mol. The zero-order valence-corrected chi connectivity index (χ0v) is 19.2. The highest BCUT2D eigenvalue weighted by Gasteiger charge is 2.50. The minimum atomic E-state index is -2.77. The van der Waals surface area contributed by atoms with Crippen LogP contribution >= 0.6 is 0 Å². The van der Waals surface area contributed by atoms with Crippen LogP contribution in [0.5, 0.6) is 0 Å². The van der Waals surface area contributed by atoms with E-state index in [-0.39, 0.29) is 35.1 Å². The molecular formula is C24H29F2N5O2. The summed E-state index contributed by atoms with van der Waals surface area (Å²) in [6.07, 6.45) is 0.906. The van der Waals surface area contributed by atoms with Gasteiger partial charge in [0.1, 0.15) is 12.2 Å². The van der Waals surface area contributed by atoms with E-state index in [1.54, 1.807) is 4.90 Å². The second kappa shape index (κ2) is 9.41. The summed E-state index contributed by atoms with van der Waals surface area (Å²) < 4.78 is 33.7. The fourth-order valence-corrected chi connectivity index (χ4v) is 4.40. The standard InChI is InChI=1S/C22H23F2N5O2.C2H6/c1-14-6-2-3-7-15(14)22(8-9-22)21-25-20(31-27-21)16-12-17(19(23)24)29(26-16)13-18(30)28-10-4-5-11-28;1-2/h2-3,6-7,12,19H,4-5,8-11,13H2,1H3;1-2H3. The van der Waals surface area contributed by atoms with Gasteiger partial charge in [-0.05, 0) is 49.8 Å². The van der Waals surface area contributed by atoms with Crippen molar-refractivity contribution < 1.29 is 18.1 Å². The number of carbonyl (C=O) groups is 1. The lowest BCUT2D eigenvalue weighted by atomic mass is 9.91. The van der Waals surface area contributed by atoms with Crippen molar-refractivity contribution >= 4 is 5.91 Å². The predicted molar refractivity (Wildman–Crippen MR) is 119 cm³/mol. The molecule has 0 bridgehead atoms. The Morgan fingerprint density at radius 1 is 1.18 bits per heavy atom. The van der Waals surface area contributed by atoms with E-state index >= 15 is 0 Å². The van der Waals surface area contributed by atoms with Crippen LogP contribution in [0.1, 0.15) is 68.6 Å². The number of hydrogen-bond donors (Lipinski definition) is 0. The number of carbonyl (C=O) groups excluding carboxylic acids is 1. The maximum atomic E-state index is 13.6. The molecule has 3 aromatic rings. The highest BCUT2D eigenvalue weighted by Crippen LogP contribution is 2.53. The molecule has 1 saturated heterocycles. The number of likely N-dealkylation sites (tertiary alicyclic amines) is 1. The van der Waals surface area contributed by atoms with Crippen molar-refractivity contribution in [3.05, 3.63) is 53.0 Å². The van der Waals surface area contributed by atoms with Gasteiger partial charge in [-0.2, -0.15) is 10.1 Å². The quantitative estimate of drug-likeness (QED) is 0.526. The molecule has 2 fully saturated rings. The number of aryl methyl sites for hydroxylation is 1. The normalized spacial score (nSPS) is 16.6. The first-order valence-corrected chi connectivity index (χ1v) is 11.5. The number of rotatable bonds is 6. The number of nitrogens with zero attached hydrogens (tertiary/aromatic N) is 5. The number of benzene rings is 1. The maximum absolute atomic E-state index is 13.6. The molecule has 176 valence electrons. The Kier molecular flexibility index (Phi) is 6.58. The lowest BCUT2D eigenvalue weighted by Crippen LogP contribution is -2.31. The molecule has 1 amide bonds. The Morgan fingerprint density at radius 3 is 2.52 bits per heavy atom. The molecule has 7 nitrogen and oxygen atoms in total. The van der Waals surface area contributed by atoms with Gasteiger partial charge >= 0.3 is 0 Å². The number of hydrogen-bond acceptors (Lipinski definition) is 5. The van der Waals surface area contributed by atoms with E-state index < -0.39 is 6.43 Å². The first-order chi connectivity index (χ1) is 16.0. The fraction of sp³-hybridized carbons (Fsp3) is 0.500. The van der Waals surface area contributed by atoms with Crippen molar-refractivity contribution in [1.82, 2.24) is 24.8 Å². The Balaban J connectivity index is 0.00000126. The summed E-state index contributed by atoms with van der Waals surface area (Å²) in [5.74, 6) is 0.416. The molecule has 2 aromatic heterocycles. The number of alkyl halides is 2. The minimum absolute atomic E-state index is 0.0872. The summed E-state index contributed by atoms with van der Waals surface area (Å²) in [5.41, 5.74) is 1.83. The lowest BCUT2D eigenvalue weighted by Gasteiger charge is -2.15. The molecule has 5 rings (SSSR count). The summed E-state index contributed by atoms with van der Waals surface area (Å²) in [6, 6.07) is 9.30. The van der Waals surface area contributed by atoms with E-state index in [1.807, 2.05) is 39.0 Å². The van der Waals surface area contributed by atoms with Crippen LogP contribution in [-0.4, -0.2) is 43.8 Å². The molecule has 1 aliphatic heterocycles. The Labute approximate surface area is 191 Å². The van der Waals surface area contributed by atoms with E-state index in [2.05, 4.69) is 21.3 Å². The first-order valence-electron chi connectivity index (χ1n) is 11.5. The van der Waals surface area contributed by atoms with Crippen LogP contribution < -0.4 is 0 Å². The van der Waals surface area contributed by atoms with Gasteiger partial charge in [0.25, 0.3) is 12.3 Å². The number of amides is 1. The van der Waals surface area contributed by atoms with Crippen molar-refractivity contribution in [3.8, 4) is 11.6 Å². The Hall–Kier alpha value is -3.10. The van der Waals surface area contributed by atoms with E-state index in [4.69, 9.17) is 4.52 Å². The monoisotopic (exact) mass is 457 g/mol. The third-order valence-corrected chi connectivity index (χ3v) is 6.26. The molecule has 1 aromatic carbocycles. The zero-order chi connectivity index (χ0) is 23.6. The first kappa shape index (κ1) is 23.1. The maximum Gasteiger partial charge on any atom is 0.280 e. The van der Waals surface area contributed by atoms with Gasteiger partial charge in [-0.15, -0.1) is 0 Å². The molecule has 33 heavy (non-hydrogen) atoms. The summed E-state index contributed by atoms with van der Waals surface area (Å²) in [6.45, 7) is 7.13. The molecule has 9 heteroatoms. The van der Waals surface area contributed by atoms with Crippen LogP contribution in [0.2, 0.25) is 0 Å². The van der Waals surface area contributed by atoms with Gasteiger partial charge in [-0.25, -0.2) is 8.78 Å². The second-order valence-corrected chi connectivity index (χ2v) is 8.32. The van der Waals surface area contributed by atoms with E-state index in [0.29, 0.717) is 18.9 Å². The van der Waals surface area contributed by atoms with Crippen molar-refractivity contribution in [2.75, 3.05) is 13.1 Å². The van der Waals surface area contributed by atoms with Crippen LogP contribution in [0, 0.1) is 6.92 Å². The van der Waals surface area contributed by atoms with Crippen molar-refractivity contribution in [1.29, 1.82) is 0 Å². The van der Waals surface area contributed by atoms with E-state index in [1.165, 1.54) is 6.07 Å². The molecule has 3 heterocycles. The van der Waals surface area contributed by atoms with Crippen LogP contribution in [0.4, 0.5) is 8.78 Å². The molecule has 0 spiro atoms. The average Bonchev–Trinajstić information content (AvgIpc) is 3.24. The number of aromatic nitrogens is 4. The van der Waals surface area contributed by atoms with Crippen molar-refractivity contribution in [3.63, 3.8) is 0 Å². The molecule has 1 aliphatic carbocycles. The minimum Gasteiger partial charge on any atom is -0.341 e. The molecule has 0 N–H and O–H groups in total.